The number of amides is 1. The molecule has 2 aromatic rings. The predicted octanol–water partition coefficient (Wildman–Crippen LogP) is 3.31. The summed E-state index contributed by atoms with van der Waals surface area (Å²) in [4.78, 5) is 22.5. The van der Waals surface area contributed by atoms with Crippen LogP contribution in [0.25, 0.3) is 0 Å². The fraction of sp³-hybridized carbons (Fsp3) is 0.188. The van der Waals surface area contributed by atoms with Crippen molar-refractivity contribution in [2.24, 2.45) is 0 Å². The van der Waals surface area contributed by atoms with Gasteiger partial charge in [0.15, 0.2) is 6.10 Å². The molecule has 0 aromatic heterocycles. The largest absolute Gasteiger partial charge is 0.481 e. The van der Waals surface area contributed by atoms with Crippen LogP contribution in [0.3, 0.4) is 0 Å². The van der Waals surface area contributed by atoms with E-state index in [9.17, 15) is 14.9 Å². The van der Waals surface area contributed by atoms with Crippen molar-refractivity contribution in [3.8, 4) is 5.75 Å². The van der Waals surface area contributed by atoms with Gasteiger partial charge in [0.05, 0.1) is 4.92 Å². The number of nitro groups is 1. The number of nitro benzene ring substituents is 1. The first-order valence-corrected chi connectivity index (χ1v) is 6.75. The van der Waals surface area contributed by atoms with E-state index in [1.165, 1.54) is 12.1 Å². The van der Waals surface area contributed by atoms with Crippen LogP contribution in [0, 0.1) is 17.0 Å². The van der Waals surface area contributed by atoms with Gasteiger partial charge < -0.3 is 10.1 Å². The number of anilines is 1. The minimum absolute atomic E-state index is 0.150. The molecule has 0 radical (unpaired) electrons. The molecule has 0 aliphatic rings. The molecule has 1 atom stereocenters. The van der Waals surface area contributed by atoms with E-state index in [4.69, 9.17) is 4.74 Å². The summed E-state index contributed by atoms with van der Waals surface area (Å²) < 4.78 is 5.52. The highest BCUT2D eigenvalue weighted by Gasteiger charge is 2.19. The second-order valence-electron chi connectivity index (χ2n) is 4.84. The molecular weight excluding hydrogens is 284 g/mol. The lowest BCUT2D eigenvalue weighted by atomic mass is 10.2. The summed E-state index contributed by atoms with van der Waals surface area (Å²) in [7, 11) is 0. The molecule has 2 rings (SSSR count). The number of nitrogens with zero attached hydrogens (tertiary/aromatic N) is 1. The van der Waals surface area contributed by atoms with Gasteiger partial charge in [0.2, 0.25) is 0 Å². The molecule has 114 valence electrons. The third kappa shape index (κ3) is 3.82. The molecular formula is C16H16N2O4. The van der Waals surface area contributed by atoms with E-state index >= 15 is 0 Å². The molecule has 0 bridgehead atoms. The maximum absolute atomic E-state index is 12.1. The third-order valence-electron chi connectivity index (χ3n) is 3.06. The highest BCUT2D eigenvalue weighted by molar-refractivity contribution is 5.96. The first kappa shape index (κ1) is 15.5. The molecule has 0 heterocycles. The number of ether oxygens (including phenoxy) is 1. The molecule has 6 heteroatoms. The molecule has 2 aromatic carbocycles. The molecule has 6 nitrogen and oxygen atoms in total. The maximum atomic E-state index is 12.1. The van der Waals surface area contributed by atoms with Crippen LogP contribution >= 0.6 is 0 Å². The Bertz CT molecular complexity index is 683. The zero-order valence-electron chi connectivity index (χ0n) is 12.3. The van der Waals surface area contributed by atoms with Crippen molar-refractivity contribution in [1.29, 1.82) is 0 Å². The normalized spacial score (nSPS) is 11.5. The van der Waals surface area contributed by atoms with Gasteiger partial charge in [-0.05, 0) is 32.0 Å². The second kappa shape index (κ2) is 6.71. The monoisotopic (exact) mass is 300 g/mol. The lowest BCUT2D eigenvalue weighted by Crippen LogP contribution is -2.30. The van der Waals surface area contributed by atoms with Crippen molar-refractivity contribution in [1.82, 2.24) is 0 Å². The third-order valence-corrected chi connectivity index (χ3v) is 3.06. The molecule has 22 heavy (non-hydrogen) atoms. The number of nitrogens with one attached hydrogen (secondary N) is 1. The van der Waals surface area contributed by atoms with Crippen LogP contribution in [0.15, 0.2) is 48.5 Å². The van der Waals surface area contributed by atoms with Crippen LogP contribution in [-0.4, -0.2) is 16.9 Å². The van der Waals surface area contributed by atoms with Crippen molar-refractivity contribution in [3.05, 3.63) is 64.2 Å². The average Bonchev–Trinajstić information content (AvgIpc) is 2.49. The van der Waals surface area contributed by atoms with E-state index in [-0.39, 0.29) is 11.4 Å². The van der Waals surface area contributed by atoms with Gasteiger partial charge in [-0.3, -0.25) is 14.9 Å². The topological polar surface area (TPSA) is 81.5 Å². The Kier molecular flexibility index (Phi) is 4.73. The number of para-hydroxylation sites is 2. The summed E-state index contributed by atoms with van der Waals surface area (Å²) in [6.07, 6.45) is -0.775. The van der Waals surface area contributed by atoms with Crippen molar-refractivity contribution >= 4 is 17.3 Å². The molecule has 0 aliphatic carbocycles. The first-order valence-electron chi connectivity index (χ1n) is 6.75. The van der Waals surface area contributed by atoms with Gasteiger partial charge in [-0.25, -0.2) is 0 Å². The standard InChI is InChI=1S/C16H16N2O4/c1-11-7-9-13(10-8-11)22-12(2)16(19)17-14-5-3-4-6-15(14)18(20)21/h3-10,12H,1-2H3,(H,17,19)/t12-/m0/s1. The number of carbonyl (C=O) groups is 1. The molecule has 0 fully saturated rings. The molecule has 0 unspecified atom stereocenters. The van der Waals surface area contributed by atoms with E-state index in [1.54, 1.807) is 31.2 Å². The van der Waals surface area contributed by atoms with Gasteiger partial charge >= 0.3 is 0 Å². The second-order valence-corrected chi connectivity index (χ2v) is 4.84. The molecule has 0 spiro atoms. The lowest BCUT2D eigenvalue weighted by Gasteiger charge is -2.14. The van der Waals surface area contributed by atoms with E-state index in [1.807, 2.05) is 19.1 Å². The van der Waals surface area contributed by atoms with Crippen molar-refractivity contribution in [2.45, 2.75) is 20.0 Å². The van der Waals surface area contributed by atoms with Crippen LogP contribution in [0.4, 0.5) is 11.4 Å². The molecule has 1 N–H and O–H groups in total. The summed E-state index contributed by atoms with van der Waals surface area (Å²) >= 11 is 0. The smallest absolute Gasteiger partial charge is 0.292 e. The summed E-state index contributed by atoms with van der Waals surface area (Å²) in [5.41, 5.74) is 1.08. The molecule has 0 saturated carbocycles. The minimum Gasteiger partial charge on any atom is -0.481 e. The first-order chi connectivity index (χ1) is 10.5. The number of aryl methyl sites for hydroxylation is 1. The van der Waals surface area contributed by atoms with Crippen molar-refractivity contribution in [3.63, 3.8) is 0 Å². The van der Waals surface area contributed by atoms with E-state index < -0.39 is 16.9 Å². The Hall–Kier alpha value is -2.89. The zero-order valence-corrected chi connectivity index (χ0v) is 12.3. The Balaban J connectivity index is 2.05. The van der Waals surface area contributed by atoms with Crippen molar-refractivity contribution < 1.29 is 14.5 Å². The number of rotatable bonds is 5. The molecule has 0 saturated heterocycles. The van der Waals surface area contributed by atoms with E-state index in [0.29, 0.717) is 5.75 Å². The van der Waals surface area contributed by atoms with Gasteiger partial charge in [0.1, 0.15) is 11.4 Å². The van der Waals surface area contributed by atoms with E-state index in [2.05, 4.69) is 5.32 Å². The van der Waals surface area contributed by atoms with Crippen LogP contribution < -0.4 is 10.1 Å². The summed E-state index contributed by atoms with van der Waals surface area (Å²) in [6, 6.07) is 13.3. The number of hydrogen-bond donors (Lipinski definition) is 1. The summed E-state index contributed by atoms with van der Waals surface area (Å²) in [6.45, 7) is 3.54. The lowest BCUT2D eigenvalue weighted by molar-refractivity contribution is -0.383. The van der Waals surface area contributed by atoms with Gasteiger partial charge in [0, 0.05) is 6.07 Å². The van der Waals surface area contributed by atoms with Crippen LogP contribution in [0.2, 0.25) is 0 Å². The maximum Gasteiger partial charge on any atom is 0.292 e. The minimum atomic E-state index is -0.775. The van der Waals surface area contributed by atoms with Crippen LogP contribution in [-0.2, 0) is 4.79 Å². The fourth-order valence-corrected chi connectivity index (χ4v) is 1.85. The van der Waals surface area contributed by atoms with Crippen molar-refractivity contribution in [2.75, 3.05) is 5.32 Å². The summed E-state index contributed by atoms with van der Waals surface area (Å²) in [5, 5.41) is 13.4. The number of benzene rings is 2. The van der Waals surface area contributed by atoms with Gasteiger partial charge in [-0.1, -0.05) is 29.8 Å². The summed E-state index contributed by atoms with van der Waals surface area (Å²) in [5.74, 6) is 0.116. The van der Waals surface area contributed by atoms with Crippen LogP contribution in [0.1, 0.15) is 12.5 Å². The Morgan fingerprint density at radius 1 is 1.18 bits per heavy atom. The van der Waals surface area contributed by atoms with Gasteiger partial charge in [-0.2, -0.15) is 0 Å². The highest BCUT2D eigenvalue weighted by atomic mass is 16.6. The Labute approximate surface area is 127 Å². The number of hydrogen-bond acceptors (Lipinski definition) is 4. The predicted molar refractivity (Wildman–Crippen MR) is 83.0 cm³/mol. The van der Waals surface area contributed by atoms with Crippen LogP contribution in [0.5, 0.6) is 5.75 Å². The average molecular weight is 300 g/mol. The molecule has 1 amide bonds. The SMILES string of the molecule is Cc1ccc(O[C@@H](C)C(=O)Nc2ccccc2[N+](=O)[O-])cc1. The highest BCUT2D eigenvalue weighted by Crippen LogP contribution is 2.23. The van der Waals surface area contributed by atoms with Gasteiger partial charge in [-0.15, -0.1) is 0 Å². The quantitative estimate of drug-likeness (QED) is 0.678. The van der Waals surface area contributed by atoms with Gasteiger partial charge in [0.25, 0.3) is 11.6 Å². The number of carbonyl (C=O) groups excluding carboxylic acids is 1. The van der Waals surface area contributed by atoms with E-state index in [0.717, 1.165) is 5.56 Å². The fourth-order valence-electron chi connectivity index (χ4n) is 1.85. The Morgan fingerprint density at radius 3 is 2.45 bits per heavy atom. The Morgan fingerprint density at radius 2 is 1.82 bits per heavy atom. The molecule has 0 aliphatic heterocycles. The zero-order chi connectivity index (χ0) is 16.1.